The first-order valence-electron chi connectivity index (χ1n) is 5.60. The van der Waals surface area contributed by atoms with E-state index >= 15 is 0 Å². The molecule has 0 aliphatic carbocycles. The highest BCUT2D eigenvalue weighted by atomic mass is 32.2. The zero-order valence-corrected chi connectivity index (χ0v) is 11.4. The van der Waals surface area contributed by atoms with E-state index in [-0.39, 0.29) is 6.61 Å². The Morgan fingerprint density at radius 3 is 2.89 bits per heavy atom. The molecule has 0 radical (unpaired) electrons. The number of methoxy groups -OCH3 is 1. The Balaban J connectivity index is 2.26. The summed E-state index contributed by atoms with van der Waals surface area (Å²) in [4.78, 5) is 8.29. The number of nitrogens with zero attached hydrogens (tertiary/aromatic N) is 2. The topological polar surface area (TPSA) is 90.5 Å². The summed E-state index contributed by atoms with van der Waals surface area (Å²) in [5.74, 6) is 0.909. The van der Waals surface area contributed by atoms with Gasteiger partial charge in [-0.2, -0.15) is 0 Å². The summed E-state index contributed by atoms with van der Waals surface area (Å²) in [6, 6.07) is 1.70. The van der Waals surface area contributed by atoms with Crippen LogP contribution >= 0.6 is 11.8 Å². The fraction of sp³-hybridized carbons (Fsp3) is 0.636. The largest absolute Gasteiger partial charge is 0.390 e. The average Bonchev–Trinajstić information content (AvgIpc) is 2.31. The zero-order chi connectivity index (χ0) is 13.4. The normalized spacial score (nSPS) is 12.6. The molecule has 3 N–H and O–H groups in total. The first kappa shape index (κ1) is 15.2. The van der Waals surface area contributed by atoms with E-state index in [1.807, 2.05) is 6.92 Å². The highest BCUT2D eigenvalue weighted by molar-refractivity contribution is 7.99. The van der Waals surface area contributed by atoms with Crippen LogP contribution in [0.15, 0.2) is 11.2 Å². The molecule has 1 unspecified atom stereocenters. The number of aliphatic hydroxyl groups excluding tert-OH is 1. The Morgan fingerprint density at radius 1 is 1.44 bits per heavy atom. The van der Waals surface area contributed by atoms with Gasteiger partial charge in [0, 0.05) is 24.6 Å². The molecule has 0 amide bonds. The SMILES string of the molecule is COCCOCC(O)CSc1nc(C)cc(N)n1. The highest BCUT2D eigenvalue weighted by Crippen LogP contribution is 2.16. The van der Waals surface area contributed by atoms with Gasteiger partial charge in [0.15, 0.2) is 5.16 Å². The fourth-order valence-electron chi connectivity index (χ4n) is 1.21. The van der Waals surface area contributed by atoms with Crippen LogP contribution in [0.4, 0.5) is 5.82 Å². The maximum Gasteiger partial charge on any atom is 0.189 e. The number of thioether (sulfide) groups is 1. The Hall–Kier alpha value is -0.890. The molecule has 0 fully saturated rings. The van der Waals surface area contributed by atoms with Gasteiger partial charge in [0.25, 0.3) is 0 Å². The number of nitrogens with two attached hydrogens (primary N) is 1. The van der Waals surface area contributed by atoms with Gasteiger partial charge in [0.2, 0.25) is 0 Å². The maximum absolute atomic E-state index is 9.67. The van der Waals surface area contributed by atoms with Crippen molar-refractivity contribution in [2.45, 2.75) is 18.2 Å². The first-order valence-corrected chi connectivity index (χ1v) is 6.59. The summed E-state index contributed by atoms with van der Waals surface area (Å²) in [5.41, 5.74) is 6.43. The number of ether oxygens (including phenoxy) is 2. The van der Waals surface area contributed by atoms with Gasteiger partial charge >= 0.3 is 0 Å². The molecule has 0 spiro atoms. The number of anilines is 1. The summed E-state index contributed by atoms with van der Waals surface area (Å²) in [6.07, 6.45) is -0.558. The van der Waals surface area contributed by atoms with E-state index < -0.39 is 6.10 Å². The molecule has 7 heteroatoms. The van der Waals surface area contributed by atoms with Gasteiger partial charge in [0.1, 0.15) is 5.82 Å². The standard InChI is InChI=1S/C11H19N3O3S/c1-8-5-10(12)14-11(13-8)18-7-9(15)6-17-4-3-16-2/h5,9,15H,3-4,6-7H2,1-2H3,(H2,12,13,14). The second kappa shape index (κ2) is 8.25. The van der Waals surface area contributed by atoms with E-state index in [1.54, 1.807) is 13.2 Å². The van der Waals surface area contributed by atoms with Crippen LogP contribution in [0.1, 0.15) is 5.69 Å². The lowest BCUT2D eigenvalue weighted by molar-refractivity contribution is 0.0218. The van der Waals surface area contributed by atoms with Crippen LogP contribution in [0, 0.1) is 6.92 Å². The van der Waals surface area contributed by atoms with Crippen LogP contribution < -0.4 is 5.73 Å². The third-order valence-corrected chi connectivity index (χ3v) is 2.99. The van der Waals surface area contributed by atoms with Crippen molar-refractivity contribution in [3.8, 4) is 0 Å². The van der Waals surface area contributed by atoms with E-state index in [4.69, 9.17) is 15.2 Å². The summed E-state index contributed by atoms with van der Waals surface area (Å²) in [6.45, 7) is 3.13. The van der Waals surface area contributed by atoms with Gasteiger partial charge < -0.3 is 20.3 Å². The number of aryl methyl sites for hydroxylation is 1. The third-order valence-electron chi connectivity index (χ3n) is 2.00. The molecule has 1 heterocycles. The molecule has 1 aromatic rings. The lowest BCUT2D eigenvalue weighted by Gasteiger charge is -2.10. The third kappa shape index (κ3) is 6.15. The Kier molecular flexibility index (Phi) is 6.96. The van der Waals surface area contributed by atoms with Gasteiger partial charge in [-0.1, -0.05) is 11.8 Å². The Labute approximate surface area is 111 Å². The monoisotopic (exact) mass is 273 g/mol. The number of nitrogen functional groups attached to an aromatic ring is 1. The van der Waals surface area contributed by atoms with Crippen LogP contribution in [0.2, 0.25) is 0 Å². The molecule has 102 valence electrons. The van der Waals surface area contributed by atoms with Crippen molar-refractivity contribution in [1.29, 1.82) is 0 Å². The van der Waals surface area contributed by atoms with Crippen LogP contribution in [-0.4, -0.2) is 53.9 Å². The van der Waals surface area contributed by atoms with Gasteiger partial charge in [-0.25, -0.2) is 9.97 Å². The zero-order valence-electron chi connectivity index (χ0n) is 10.6. The second-order valence-corrected chi connectivity index (χ2v) is 4.74. The summed E-state index contributed by atoms with van der Waals surface area (Å²) in [5, 5.41) is 10.2. The van der Waals surface area contributed by atoms with Gasteiger partial charge in [-0.05, 0) is 6.92 Å². The molecule has 0 bridgehead atoms. The van der Waals surface area contributed by atoms with Gasteiger partial charge in [-0.3, -0.25) is 0 Å². The van der Waals surface area contributed by atoms with Crippen molar-refractivity contribution in [2.75, 3.05) is 38.4 Å². The number of aromatic nitrogens is 2. The molecule has 0 aliphatic rings. The lowest BCUT2D eigenvalue weighted by atomic mass is 10.4. The molecule has 1 rings (SSSR count). The smallest absolute Gasteiger partial charge is 0.189 e. The molecule has 6 nitrogen and oxygen atoms in total. The summed E-state index contributed by atoms with van der Waals surface area (Å²) in [7, 11) is 1.61. The number of hydrogen-bond acceptors (Lipinski definition) is 7. The van der Waals surface area contributed by atoms with Crippen molar-refractivity contribution in [2.24, 2.45) is 0 Å². The second-order valence-electron chi connectivity index (χ2n) is 3.75. The molecule has 0 aliphatic heterocycles. The van der Waals surface area contributed by atoms with Crippen LogP contribution in [0.25, 0.3) is 0 Å². The predicted octanol–water partition coefficient (Wildman–Crippen LogP) is 0.483. The molecular formula is C11H19N3O3S. The van der Waals surface area contributed by atoms with E-state index in [1.165, 1.54) is 11.8 Å². The first-order chi connectivity index (χ1) is 8.61. The number of rotatable bonds is 8. The number of aliphatic hydroxyl groups is 1. The molecular weight excluding hydrogens is 254 g/mol. The molecule has 0 saturated heterocycles. The predicted molar refractivity (Wildman–Crippen MR) is 70.6 cm³/mol. The Bertz CT molecular complexity index is 345. The van der Waals surface area contributed by atoms with E-state index in [2.05, 4.69) is 9.97 Å². The minimum absolute atomic E-state index is 0.275. The minimum Gasteiger partial charge on any atom is -0.390 e. The van der Waals surface area contributed by atoms with Crippen molar-refractivity contribution < 1.29 is 14.6 Å². The van der Waals surface area contributed by atoms with E-state index in [9.17, 15) is 5.11 Å². The van der Waals surface area contributed by atoms with E-state index in [0.717, 1.165) is 5.69 Å². The van der Waals surface area contributed by atoms with Crippen molar-refractivity contribution in [3.05, 3.63) is 11.8 Å². The molecule has 0 aromatic carbocycles. The minimum atomic E-state index is -0.558. The van der Waals surface area contributed by atoms with E-state index in [0.29, 0.717) is 29.9 Å². The van der Waals surface area contributed by atoms with Crippen LogP contribution in [0.5, 0.6) is 0 Å². The fourth-order valence-corrected chi connectivity index (χ4v) is 2.03. The summed E-state index contributed by atoms with van der Waals surface area (Å²) >= 11 is 1.36. The van der Waals surface area contributed by atoms with Gasteiger partial charge in [-0.15, -0.1) is 0 Å². The average molecular weight is 273 g/mol. The molecule has 0 saturated carbocycles. The van der Waals surface area contributed by atoms with Crippen LogP contribution in [-0.2, 0) is 9.47 Å². The number of hydrogen-bond donors (Lipinski definition) is 2. The van der Waals surface area contributed by atoms with Crippen molar-refractivity contribution in [1.82, 2.24) is 9.97 Å². The van der Waals surface area contributed by atoms with Crippen molar-refractivity contribution in [3.63, 3.8) is 0 Å². The molecule has 18 heavy (non-hydrogen) atoms. The van der Waals surface area contributed by atoms with Crippen LogP contribution in [0.3, 0.4) is 0 Å². The quantitative estimate of drug-likeness (QED) is 0.404. The highest BCUT2D eigenvalue weighted by Gasteiger charge is 2.08. The molecule has 1 atom stereocenters. The molecule has 1 aromatic heterocycles. The Morgan fingerprint density at radius 2 is 2.22 bits per heavy atom. The van der Waals surface area contributed by atoms with Crippen molar-refractivity contribution >= 4 is 17.6 Å². The summed E-state index contributed by atoms with van der Waals surface area (Å²) < 4.78 is 10.1. The van der Waals surface area contributed by atoms with Gasteiger partial charge in [0.05, 0.1) is 25.9 Å². The maximum atomic E-state index is 9.67. The lowest BCUT2D eigenvalue weighted by Crippen LogP contribution is -2.19.